The van der Waals surface area contributed by atoms with Crippen molar-refractivity contribution < 1.29 is 18.7 Å². The van der Waals surface area contributed by atoms with Crippen LogP contribution in [0.25, 0.3) is 0 Å². The SMILES string of the molecule is O=C(CNc1ccc(F)c(Cl)c1)Nc1ccccc1OCC1CCCO1. The number of anilines is 2. The zero-order chi connectivity index (χ0) is 18.4. The molecule has 0 radical (unpaired) electrons. The molecule has 1 fully saturated rings. The van der Waals surface area contributed by atoms with Crippen LogP contribution in [-0.2, 0) is 9.53 Å². The molecular weight excluding hydrogens is 359 g/mol. The van der Waals surface area contributed by atoms with Gasteiger partial charge in [-0.25, -0.2) is 4.39 Å². The van der Waals surface area contributed by atoms with Gasteiger partial charge >= 0.3 is 0 Å². The third kappa shape index (κ3) is 5.09. The van der Waals surface area contributed by atoms with Crippen LogP contribution in [0.1, 0.15) is 12.8 Å². The van der Waals surface area contributed by atoms with Gasteiger partial charge in [0.05, 0.1) is 23.4 Å². The maximum Gasteiger partial charge on any atom is 0.243 e. The second kappa shape index (κ2) is 8.87. The maximum absolute atomic E-state index is 13.2. The Bertz CT molecular complexity index is 766. The predicted molar refractivity (Wildman–Crippen MR) is 99.4 cm³/mol. The van der Waals surface area contributed by atoms with E-state index in [1.54, 1.807) is 12.1 Å². The molecule has 0 aromatic heterocycles. The first-order chi connectivity index (χ1) is 12.6. The first-order valence-corrected chi connectivity index (χ1v) is 8.82. The van der Waals surface area contributed by atoms with Crippen molar-refractivity contribution in [3.63, 3.8) is 0 Å². The van der Waals surface area contributed by atoms with Crippen LogP contribution >= 0.6 is 11.6 Å². The number of amides is 1. The molecule has 7 heteroatoms. The molecule has 1 unspecified atom stereocenters. The number of ether oxygens (including phenoxy) is 2. The van der Waals surface area contributed by atoms with Crippen LogP contribution in [0.2, 0.25) is 5.02 Å². The van der Waals surface area contributed by atoms with E-state index < -0.39 is 5.82 Å². The number of para-hydroxylation sites is 2. The Labute approximate surface area is 156 Å². The Hall–Kier alpha value is -2.31. The van der Waals surface area contributed by atoms with Crippen LogP contribution in [0, 0.1) is 5.82 Å². The third-order valence-electron chi connectivity index (χ3n) is 3.98. The minimum absolute atomic E-state index is 0.00304. The number of carbonyl (C=O) groups is 1. The largest absolute Gasteiger partial charge is 0.489 e. The van der Waals surface area contributed by atoms with Crippen LogP contribution in [0.3, 0.4) is 0 Å². The summed E-state index contributed by atoms with van der Waals surface area (Å²) in [7, 11) is 0. The van der Waals surface area contributed by atoms with Gasteiger partial charge in [-0.05, 0) is 43.2 Å². The van der Waals surface area contributed by atoms with Gasteiger partial charge in [0.15, 0.2) is 0 Å². The molecule has 0 bridgehead atoms. The van der Waals surface area contributed by atoms with E-state index in [0.29, 0.717) is 23.7 Å². The molecule has 3 rings (SSSR count). The normalized spacial score (nSPS) is 16.3. The Morgan fingerprint density at radius 2 is 2.15 bits per heavy atom. The molecule has 2 aromatic rings. The molecule has 0 spiro atoms. The molecule has 1 aliphatic rings. The van der Waals surface area contributed by atoms with E-state index in [4.69, 9.17) is 21.1 Å². The zero-order valence-corrected chi connectivity index (χ0v) is 14.9. The lowest BCUT2D eigenvalue weighted by Gasteiger charge is -2.15. The smallest absolute Gasteiger partial charge is 0.243 e. The average Bonchev–Trinajstić information content (AvgIpc) is 3.15. The molecule has 1 amide bonds. The minimum Gasteiger partial charge on any atom is -0.489 e. The number of halogens is 2. The fourth-order valence-corrected chi connectivity index (χ4v) is 2.82. The highest BCUT2D eigenvalue weighted by molar-refractivity contribution is 6.31. The molecule has 0 saturated carbocycles. The lowest BCUT2D eigenvalue weighted by atomic mass is 10.2. The van der Waals surface area contributed by atoms with Gasteiger partial charge < -0.3 is 20.1 Å². The molecule has 2 N–H and O–H groups in total. The first kappa shape index (κ1) is 18.5. The maximum atomic E-state index is 13.2. The summed E-state index contributed by atoms with van der Waals surface area (Å²) in [5.41, 5.74) is 1.16. The minimum atomic E-state index is -0.501. The van der Waals surface area contributed by atoms with Crippen molar-refractivity contribution >= 4 is 28.9 Å². The first-order valence-electron chi connectivity index (χ1n) is 8.44. The summed E-state index contributed by atoms with van der Waals surface area (Å²) in [5, 5.41) is 5.72. The van der Waals surface area contributed by atoms with E-state index in [1.165, 1.54) is 18.2 Å². The number of rotatable bonds is 7. The highest BCUT2D eigenvalue weighted by Crippen LogP contribution is 2.25. The van der Waals surface area contributed by atoms with E-state index >= 15 is 0 Å². The second-order valence-corrected chi connectivity index (χ2v) is 6.38. The van der Waals surface area contributed by atoms with Gasteiger partial charge in [0.25, 0.3) is 0 Å². The van der Waals surface area contributed by atoms with Gasteiger partial charge in [-0.15, -0.1) is 0 Å². The van der Waals surface area contributed by atoms with Crippen molar-refractivity contribution in [3.8, 4) is 5.75 Å². The fourth-order valence-electron chi connectivity index (χ4n) is 2.64. The molecule has 1 heterocycles. The van der Waals surface area contributed by atoms with Crippen molar-refractivity contribution in [2.45, 2.75) is 18.9 Å². The van der Waals surface area contributed by atoms with E-state index in [9.17, 15) is 9.18 Å². The highest BCUT2D eigenvalue weighted by Gasteiger charge is 2.17. The van der Waals surface area contributed by atoms with Crippen LogP contribution in [0.5, 0.6) is 5.75 Å². The summed E-state index contributed by atoms with van der Waals surface area (Å²) in [6, 6.07) is 11.4. The van der Waals surface area contributed by atoms with Crippen molar-refractivity contribution in [1.29, 1.82) is 0 Å². The topological polar surface area (TPSA) is 59.6 Å². The summed E-state index contributed by atoms with van der Waals surface area (Å²) < 4.78 is 24.5. The summed E-state index contributed by atoms with van der Waals surface area (Å²) >= 11 is 5.73. The van der Waals surface area contributed by atoms with E-state index in [1.807, 2.05) is 12.1 Å². The molecule has 26 heavy (non-hydrogen) atoms. The Morgan fingerprint density at radius 1 is 1.31 bits per heavy atom. The lowest BCUT2D eigenvalue weighted by molar-refractivity contribution is -0.114. The molecule has 1 saturated heterocycles. The fraction of sp³-hybridized carbons (Fsp3) is 0.316. The third-order valence-corrected chi connectivity index (χ3v) is 4.27. The van der Waals surface area contributed by atoms with Gasteiger partial charge in [0, 0.05) is 12.3 Å². The number of hydrogen-bond donors (Lipinski definition) is 2. The molecule has 5 nitrogen and oxygen atoms in total. The zero-order valence-electron chi connectivity index (χ0n) is 14.1. The van der Waals surface area contributed by atoms with Crippen molar-refractivity contribution in [2.75, 3.05) is 30.4 Å². The molecular formula is C19H20ClFN2O3. The van der Waals surface area contributed by atoms with Gasteiger partial charge in [-0.3, -0.25) is 4.79 Å². The number of hydrogen-bond acceptors (Lipinski definition) is 4. The van der Waals surface area contributed by atoms with Crippen molar-refractivity contribution in [2.24, 2.45) is 0 Å². The van der Waals surface area contributed by atoms with Crippen LogP contribution in [-0.4, -0.2) is 31.8 Å². The molecule has 2 aromatic carbocycles. The molecule has 0 aliphatic carbocycles. The summed E-state index contributed by atoms with van der Waals surface area (Å²) in [6.07, 6.45) is 2.13. The standard InChI is InChI=1S/C19H20ClFN2O3/c20-15-10-13(7-8-16(15)21)22-11-19(24)23-17-5-1-2-6-18(17)26-12-14-4-3-9-25-14/h1-2,5-8,10,14,22H,3-4,9,11-12H2,(H,23,24). The highest BCUT2D eigenvalue weighted by atomic mass is 35.5. The van der Waals surface area contributed by atoms with Gasteiger partial charge in [-0.1, -0.05) is 23.7 Å². The van der Waals surface area contributed by atoms with Crippen LogP contribution in [0.4, 0.5) is 15.8 Å². The van der Waals surface area contributed by atoms with Gasteiger partial charge in [-0.2, -0.15) is 0 Å². The van der Waals surface area contributed by atoms with E-state index in [0.717, 1.165) is 19.4 Å². The lowest BCUT2D eigenvalue weighted by Crippen LogP contribution is -2.22. The quantitative estimate of drug-likeness (QED) is 0.762. The Kier molecular flexibility index (Phi) is 6.30. The number of nitrogens with one attached hydrogen (secondary N) is 2. The summed E-state index contributed by atoms with van der Waals surface area (Å²) in [5.74, 6) is -0.154. The number of benzene rings is 2. The monoisotopic (exact) mass is 378 g/mol. The van der Waals surface area contributed by atoms with Crippen molar-refractivity contribution in [1.82, 2.24) is 0 Å². The van der Waals surface area contributed by atoms with Crippen LogP contribution < -0.4 is 15.4 Å². The molecule has 138 valence electrons. The van der Waals surface area contributed by atoms with E-state index in [-0.39, 0.29) is 23.6 Å². The van der Waals surface area contributed by atoms with E-state index in [2.05, 4.69) is 10.6 Å². The second-order valence-electron chi connectivity index (χ2n) is 5.97. The molecule has 1 atom stereocenters. The Balaban J connectivity index is 1.54. The number of carbonyl (C=O) groups excluding carboxylic acids is 1. The predicted octanol–water partition coefficient (Wildman–Crippen LogP) is 4.09. The Morgan fingerprint density at radius 3 is 2.92 bits per heavy atom. The van der Waals surface area contributed by atoms with Crippen LogP contribution in [0.15, 0.2) is 42.5 Å². The van der Waals surface area contributed by atoms with Gasteiger partial charge in [0.2, 0.25) is 5.91 Å². The molecule has 1 aliphatic heterocycles. The summed E-state index contributed by atoms with van der Waals surface area (Å²) in [6.45, 7) is 1.24. The summed E-state index contributed by atoms with van der Waals surface area (Å²) in [4.78, 5) is 12.2. The van der Waals surface area contributed by atoms with Crippen molar-refractivity contribution in [3.05, 3.63) is 53.3 Å². The average molecular weight is 379 g/mol. The van der Waals surface area contributed by atoms with Gasteiger partial charge in [0.1, 0.15) is 18.2 Å².